The highest BCUT2D eigenvalue weighted by molar-refractivity contribution is 7.80. The Bertz CT molecular complexity index is 498. The standard InChI is InChI=1S/C14H20N4O2S/c1-2-7-16-8-10-17(11-9-16)14(21)15-12-3-5-13(6-4-12)18(19)20/h3-6H,2,7-11H2,1H3,(H,15,21)/p+1. The van der Waals surface area contributed by atoms with Gasteiger partial charge < -0.3 is 15.1 Å². The Morgan fingerprint density at radius 2 is 2.00 bits per heavy atom. The molecule has 2 rings (SSSR count). The molecule has 1 fully saturated rings. The highest BCUT2D eigenvalue weighted by atomic mass is 32.1. The van der Waals surface area contributed by atoms with E-state index in [0.717, 1.165) is 31.9 Å². The monoisotopic (exact) mass is 309 g/mol. The summed E-state index contributed by atoms with van der Waals surface area (Å²) in [4.78, 5) is 14.0. The molecule has 0 amide bonds. The van der Waals surface area contributed by atoms with Gasteiger partial charge in [-0.15, -0.1) is 0 Å². The van der Waals surface area contributed by atoms with Crippen LogP contribution in [0.4, 0.5) is 11.4 Å². The first-order valence-electron chi connectivity index (χ1n) is 7.24. The number of benzene rings is 1. The van der Waals surface area contributed by atoms with E-state index >= 15 is 0 Å². The molecule has 114 valence electrons. The van der Waals surface area contributed by atoms with E-state index in [1.807, 2.05) is 0 Å². The van der Waals surface area contributed by atoms with Crippen LogP contribution in [0.2, 0.25) is 0 Å². The summed E-state index contributed by atoms with van der Waals surface area (Å²) in [6, 6.07) is 6.33. The first-order valence-corrected chi connectivity index (χ1v) is 7.65. The zero-order chi connectivity index (χ0) is 15.2. The maximum atomic E-state index is 10.6. The van der Waals surface area contributed by atoms with Gasteiger partial charge in [-0.1, -0.05) is 6.92 Å². The van der Waals surface area contributed by atoms with Crippen molar-refractivity contribution in [1.82, 2.24) is 4.90 Å². The highest BCUT2D eigenvalue weighted by Crippen LogP contribution is 2.15. The minimum absolute atomic E-state index is 0.0863. The third-order valence-corrected chi connectivity index (χ3v) is 4.05. The van der Waals surface area contributed by atoms with E-state index < -0.39 is 4.92 Å². The Kier molecular flexibility index (Phi) is 5.46. The molecule has 1 aromatic carbocycles. The van der Waals surface area contributed by atoms with Gasteiger partial charge in [-0.25, -0.2) is 0 Å². The molecule has 0 spiro atoms. The Labute approximate surface area is 129 Å². The highest BCUT2D eigenvalue weighted by Gasteiger charge is 2.20. The molecule has 0 unspecified atom stereocenters. The van der Waals surface area contributed by atoms with Crippen LogP contribution in [0.1, 0.15) is 13.3 Å². The molecule has 0 saturated carbocycles. The smallest absolute Gasteiger partial charge is 0.269 e. The van der Waals surface area contributed by atoms with Crippen molar-refractivity contribution in [2.24, 2.45) is 0 Å². The van der Waals surface area contributed by atoms with E-state index in [2.05, 4.69) is 17.1 Å². The van der Waals surface area contributed by atoms with Gasteiger partial charge in [0.2, 0.25) is 0 Å². The van der Waals surface area contributed by atoms with Crippen LogP contribution >= 0.6 is 12.2 Å². The van der Waals surface area contributed by atoms with Crippen LogP contribution in [-0.4, -0.2) is 47.7 Å². The van der Waals surface area contributed by atoms with E-state index in [9.17, 15) is 10.1 Å². The van der Waals surface area contributed by atoms with E-state index in [1.54, 1.807) is 17.0 Å². The molecule has 0 radical (unpaired) electrons. The van der Waals surface area contributed by atoms with Crippen LogP contribution in [0, 0.1) is 10.1 Å². The van der Waals surface area contributed by atoms with Crippen molar-refractivity contribution < 1.29 is 9.82 Å². The molecule has 21 heavy (non-hydrogen) atoms. The first-order chi connectivity index (χ1) is 10.1. The van der Waals surface area contributed by atoms with Crippen molar-refractivity contribution in [3.8, 4) is 0 Å². The molecule has 1 saturated heterocycles. The average molecular weight is 309 g/mol. The average Bonchev–Trinajstić information content (AvgIpc) is 2.49. The van der Waals surface area contributed by atoms with Crippen molar-refractivity contribution >= 4 is 28.7 Å². The van der Waals surface area contributed by atoms with E-state index in [1.165, 1.54) is 25.1 Å². The first kappa shape index (κ1) is 15.7. The maximum absolute atomic E-state index is 10.6. The Balaban J connectivity index is 1.86. The fourth-order valence-corrected chi connectivity index (χ4v) is 2.80. The Morgan fingerprint density at radius 1 is 1.38 bits per heavy atom. The largest absolute Gasteiger partial charge is 0.338 e. The summed E-state index contributed by atoms with van der Waals surface area (Å²) >= 11 is 5.42. The summed E-state index contributed by atoms with van der Waals surface area (Å²) in [5, 5.41) is 14.5. The van der Waals surface area contributed by atoms with Gasteiger partial charge in [0.25, 0.3) is 5.69 Å². The molecule has 0 aromatic heterocycles. The molecule has 0 atom stereocenters. The third-order valence-electron chi connectivity index (χ3n) is 3.69. The van der Waals surface area contributed by atoms with Gasteiger partial charge >= 0.3 is 0 Å². The summed E-state index contributed by atoms with van der Waals surface area (Å²) in [5.74, 6) is 0. The molecule has 2 N–H and O–H groups in total. The van der Waals surface area contributed by atoms with Crippen molar-refractivity contribution in [3.05, 3.63) is 34.4 Å². The number of piperazine rings is 1. The normalized spacial score (nSPS) is 15.8. The van der Waals surface area contributed by atoms with E-state index in [-0.39, 0.29) is 5.69 Å². The second-order valence-corrected chi connectivity index (χ2v) is 5.61. The SMILES string of the molecule is CCC[NH+]1CCN(C(=S)Nc2ccc([N+](=O)[O-])cc2)CC1. The van der Waals surface area contributed by atoms with Crippen molar-refractivity contribution in [2.45, 2.75) is 13.3 Å². The van der Waals surface area contributed by atoms with E-state index in [4.69, 9.17) is 12.2 Å². The zero-order valence-electron chi connectivity index (χ0n) is 12.2. The molecular formula is C14H21N4O2S+. The molecule has 1 aromatic rings. The number of hydrogen-bond acceptors (Lipinski definition) is 3. The molecule has 1 aliphatic rings. The summed E-state index contributed by atoms with van der Waals surface area (Å²) in [6.07, 6.45) is 1.21. The summed E-state index contributed by atoms with van der Waals surface area (Å²) in [7, 11) is 0. The lowest BCUT2D eigenvalue weighted by atomic mass is 10.3. The van der Waals surface area contributed by atoms with Gasteiger partial charge in [0.15, 0.2) is 5.11 Å². The quantitative estimate of drug-likeness (QED) is 0.492. The lowest BCUT2D eigenvalue weighted by molar-refractivity contribution is -0.903. The second kappa shape index (κ2) is 7.33. The number of anilines is 1. The Morgan fingerprint density at radius 3 is 2.52 bits per heavy atom. The van der Waals surface area contributed by atoms with Crippen LogP contribution in [0.25, 0.3) is 0 Å². The Hall–Kier alpha value is -1.73. The second-order valence-electron chi connectivity index (χ2n) is 5.22. The fourth-order valence-electron chi connectivity index (χ4n) is 2.50. The number of rotatable bonds is 4. The molecular weight excluding hydrogens is 288 g/mol. The zero-order valence-corrected chi connectivity index (χ0v) is 13.0. The van der Waals surface area contributed by atoms with E-state index in [0.29, 0.717) is 5.11 Å². The predicted molar refractivity (Wildman–Crippen MR) is 86.7 cm³/mol. The van der Waals surface area contributed by atoms with Crippen molar-refractivity contribution in [2.75, 3.05) is 38.0 Å². The summed E-state index contributed by atoms with van der Waals surface area (Å²) < 4.78 is 0. The van der Waals surface area contributed by atoms with Gasteiger partial charge in [0.05, 0.1) is 37.6 Å². The number of nitrogens with one attached hydrogen (secondary N) is 2. The molecule has 1 heterocycles. The molecule has 6 nitrogen and oxygen atoms in total. The third kappa shape index (κ3) is 4.37. The number of nitro groups is 1. The van der Waals surface area contributed by atoms with Gasteiger partial charge in [-0.3, -0.25) is 10.1 Å². The van der Waals surface area contributed by atoms with Crippen LogP contribution in [0.5, 0.6) is 0 Å². The maximum Gasteiger partial charge on any atom is 0.269 e. The lowest BCUT2D eigenvalue weighted by Crippen LogP contribution is -3.14. The van der Waals surface area contributed by atoms with Gasteiger partial charge in [0, 0.05) is 17.8 Å². The number of non-ortho nitro benzene ring substituents is 1. The number of thiocarbonyl (C=S) groups is 1. The van der Waals surface area contributed by atoms with Crippen molar-refractivity contribution in [3.63, 3.8) is 0 Å². The molecule has 0 bridgehead atoms. The summed E-state index contributed by atoms with van der Waals surface area (Å²) in [6.45, 7) is 7.55. The van der Waals surface area contributed by atoms with Gasteiger partial charge in [-0.2, -0.15) is 0 Å². The number of nitrogens with zero attached hydrogens (tertiary/aromatic N) is 2. The molecule has 0 aliphatic carbocycles. The minimum atomic E-state index is -0.405. The van der Waals surface area contributed by atoms with Gasteiger partial charge in [-0.05, 0) is 30.8 Å². The van der Waals surface area contributed by atoms with Crippen LogP contribution in [-0.2, 0) is 0 Å². The van der Waals surface area contributed by atoms with Crippen LogP contribution in [0.3, 0.4) is 0 Å². The predicted octanol–water partition coefficient (Wildman–Crippen LogP) is 0.902. The topological polar surface area (TPSA) is 62.8 Å². The minimum Gasteiger partial charge on any atom is -0.338 e. The van der Waals surface area contributed by atoms with Crippen molar-refractivity contribution in [1.29, 1.82) is 0 Å². The van der Waals surface area contributed by atoms with Gasteiger partial charge in [0.1, 0.15) is 0 Å². The molecule has 1 aliphatic heterocycles. The number of quaternary nitrogens is 1. The molecule has 7 heteroatoms. The van der Waals surface area contributed by atoms with Crippen LogP contribution < -0.4 is 10.2 Å². The number of hydrogen-bond donors (Lipinski definition) is 2. The number of nitro benzene ring substituents is 1. The van der Waals surface area contributed by atoms with Crippen LogP contribution in [0.15, 0.2) is 24.3 Å². The fraction of sp³-hybridized carbons (Fsp3) is 0.500. The lowest BCUT2D eigenvalue weighted by Gasteiger charge is -2.33. The summed E-state index contributed by atoms with van der Waals surface area (Å²) in [5.41, 5.74) is 0.872.